The summed E-state index contributed by atoms with van der Waals surface area (Å²) in [7, 11) is 0. The molecule has 0 amide bonds. The summed E-state index contributed by atoms with van der Waals surface area (Å²) in [4.78, 5) is 11.1. The highest BCUT2D eigenvalue weighted by Crippen LogP contribution is 2.32. The first kappa shape index (κ1) is 12.4. The molecule has 4 nitrogen and oxygen atoms in total. The molecular weight excluding hydrogens is 264 g/mol. The number of carboxylic acid groups (broad SMARTS) is 1. The van der Waals surface area contributed by atoms with Gasteiger partial charge in [-0.05, 0) is 36.4 Å². The highest BCUT2D eigenvalue weighted by Gasteiger charge is 2.17. The molecule has 1 saturated heterocycles. The maximum Gasteiger partial charge on any atom is 0.335 e. The molecule has 0 aliphatic carbocycles. The molecule has 19 heavy (non-hydrogen) atoms. The van der Waals surface area contributed by atoms with Crippen LogP contribution in [0.2, 0.25) is 0 Å². The van der Waals surface area contributed by atoms with Gasteiger partial charge >= 0.3 is 5.97 Å². The van der Waals surface area contributed by atoms with E-state index in [1.165, 1.54) is 11.3 Å². The molecule has 3 rings (SSSR count). The van der Waals surface area contributed by atoms with Crippen LogP contribution in [0.15, 0.2) is 23.6 Å². The number of hydrogen-bond acceptors (Lipinski definition) is 4. The van der Waals surface area contributed by atoms with Crippen LogP contribution in [0.1, 0.15) is 23.2 Å². The van der Waals surface area contributed by atoms with Crippen LogP contribution in [0.25, 0.3) is 10.1 Å². The molecule has 5 heteroatoms. The Morgan fingerprint density at radius 1 is 1.53 bits per heavy atom. The van der Waals surface area contributed by atoms with E-state index in [9.17, 15) is 4.79 Å². The Balaban J connectivity index is 1.87. The third kappa shape index (κ3) is 2.57. The van der Waals surface area contributed by atoms with Crippen LogP contribution in [0.5, 0.6) is 5.75 Å². The number of carboxylic acids is 1. The van der Waals surface area contributed by atoms with Crippen molar-refractivity contribution in [2.45, 2.75) is 18.9 Å². The molecule has 2 heterocycles. The first-order valence-corrected chi connectivity index (χ1v) is 7.11. The Hall–Kier alpha value is -1.59. The van der Waals surface area contributed by atoms with Crippen molar-refractivity contribution in [1.29, 1.82) is 0 Å². The van der Waals surface area contributed by atoms with E-state index in [4.69, 9.17) is 14.6 Å². The smallest absolute Gasteiger partial charge is 0.335 e. The molecule has 100 valence electrons. The standard InChI is InChI=1S/C14H14O4S/c15-14(16)9-6-12(11-3-5-19-13(11)7-9)18-8-10-2-1-4-17-10/h3,5-7,10H,1-2,4,8H2,(H,15,16). The van der Waals surface area contributed by atoms with Crippen LogP contribution in [-0.4, -0.2) is 30.4 Å². The van der Waals surface area contributed by atoms with Gasteiger partial charge in [0.15, 0.2) is 0 Å². The highest BCUT2D eigenvalue weighted by atomic mass is 32.1. The SMILES string of the molecule is O=C(O)c1cc(OCC2CCCO2)c2ccsc2c1. The molecule has 1 aromatic carbocycles. The zero-order valence-electron chi connectivity index (χ0n) is 10.3. The van der Waals surface area contributed by atoms with E-state index >= 15 is 0 Å². The van der Waals surface area contributed by atoms with Gasteiger partial charge in [0, 0.05) is 16.7 Å². The van der Waals surface area contributed by atoms with E-state index in [1.807, 2.05) is 11.4 Å². The van der Waals surface area contributed by atoms with Crippen molar-refractivity contribution in [3.63, 3.8) is 0 Å². The number of benzene rings is 1. The van der Waals surface area contributed by atoms with Gasteiger partial charge < -0.3 is 14.6 Å². The molecule has 0 bridgehead atoms. The first-order valence-electron chi connectivity index (χ1n) is 6.23. The summed E-state index contributed by atoms with van der Waals surface area (Å²) in [6, 6.07) is 5.23. The van der Waals surface area contributed by atoms with Crippen molar-refractivity contribution >= 4 is 27.4 Å². The van der Waals surface area contributed by atoms with Crippen LogP contribution < -0.4 is 4.74 Å². The average Bonchev–Trinajstić information content (AvgIpc) is 3.06. The predicted octanol–water partition coefficient (Wildman–Crippen LogP) is 3.16. The second kappa shape index (κ2) is 5.19. The van der Waals surface area contributed by atoms with Gasteiger partial charge in [0.25, 0.3) is 0 Å². The molecule has 1 atom stereocenters. The lowest BCUT2D eigenvalue weighted by atomic mass is 10.1. The van der Waals surface area contributed by atoms with E-state index in [2.05, 4.69) is 0 Å². The van der Waals surface area contributed by atoms with Crippen molar-refractivity contribution in [3.8, 4) is 5.75 Å². The minimum Gasteiger partial charge on any atom is -0.490 e. The molecule has 1 fully saturated rings. The van der Waals surface area contributed by atoms with Crippen LogP contribution in [0.4, 0.5) is 0 Å². The van der Waals surface area contributed by atoms with E-state index in [0.29, 0.717) is 12.4 Å². The molecule has 1 aliphatic rings. The van der Waals surface area contributed by atoms with Gasteiger partial charge in [-0.2, -0.15) is 0 Å². The number of fused-ring (bicyclic) bond motifs is 1. The number of rotatable bonds is 4. The molecule has 0 saturated carbocycles. The molecule has 2 aromatic rings. The zero-order valence-corrected chi connectivity index (χ0v) is 11.1. The topological polar surface area (TPSA) is 55.8 Å². The van der Waals surface area contributed by atoms with E-state index < -0.39 is 5.97 Å². The van der Waals surface area contributed by atoms with Crippen molar-refractivity contribution in [2.24, 2.45) is 0 Å². The van der Waals surface area contributed by atoms with E-state index in [0.717, 1.165) is 29.5 Å². The number of aromatic carboxylic acids is 1. The van der Waals surface area contributed by atoms with Gasteiger partial charge in [-0.15, -0.1) is 11.3 Å². The normalized spacial score (nSPS) is 18.8. The van der Waals surface area contributed by atoms with Crippen LogP contribution in [-0.2, 0) is 4.74 Å². The van der Waals surface area contributed by atoms with E-state index in [1.54, 1.807) is 12.1 Å². The van der Waals surface area contributed by atoms with Gasteiger partial charge in [0.2, 0.25) is 0 Å². The van der Waals surface area contributed by atoms with Gasteiger partial charge in [0.1, 0.15) is 12.4 Å². The fourth-order valence-corrected chi connectivity index (χ4v) is 3.08. The van der Waals surface area contributed by atoms with Crippen LogP contribution in [0.3, 0.4) is 0 Å². The quantitative estimate of drug-likeness (QED) is 0.933. The molecule has 0 spiro atoms. The monoisotopic (exact) mass is 278 g/mol. The Labute approximate surface area is 114 Å². The van der Waals surface area contributed by atoms with Crippen molar-refractivity contribution in [2.75, 3.05) is 13.2 Å². The number of hydrogen-bond donors (Lipinski definition) is 1. The van der Waals surface area contributed by atoms with Gasteiger partial charge in [-0.1, -0.05) is 0 Å². The maximum atomic E-state index is 11.1. The van der Waals surface area contributed by atoms with Crippen LogP contribution >= 0.6 is 11.3 Å². The number of ether oxygens (including phenoxy) is 2. The van der Waals surface area contributed by atoms with Gasteiger partial charge in [-0.25, -0.2) is 4.79 Å². The summed E-state index contributed by atoms with van der Waals surface area (Å²) in [5, 5.41) is 12.0. The Kier molecular flexibility index (Phi) is 3.40. The molecule has 1 aliphatic heterocycles. The molecule has 1 aromatic heterocycles. The lowest BCUT2D eigenvalue weighted by molar-refractivity contribution is 0.0677. The first-order chi connectivity index (χ1) is 9.24. The largest absolute Gasteiger partial charge is 0.490 e. The average molecular weight is 278 g/mol. The lowest BCUT2D eigenvalue weighted by Gasteiger charge is -2.12. The third-order valence-electron chi connectivity index (χ3n) is 3.23. The summed E-state index contributed by atoms with van der Waals surface area (Å²) in [5.41, 5.74) is 0.261. The second-order valence-corrected chi connectivity index (χ2v) is 5.51. The van der Waals surface area contributed by atoms with Gasteiger partial charge in [-0.3, -0.25) is 0 Å². The summed E-state index contributed by atoms with van der Waals surface area (Å²) in [5.74, 6) is -0.302. The summed E-state index contributed by atoms with van der Waals surface area (Å²) >= 11 is 1.52. The third-order valence-corrected chi connectivity index (χ3v) is 4.09. The fourth-order valence-electron chi connectivity index (χ4n) is 2.24. The van der Waals surface area contributed by atoms with Gasteiger partial charge in [0.05, 0.1) is 11.7 Å². The lowest BCUT2D eigenvalue weighted by Crippen LogP contribution is -2.16. The predicted molar refractivity (Wildman–Crippen MR) is 73.3 cm³/mol. The zero-order chi connectivity index (χ0) is 13.2. The minimum absolute atomic E-state index is 0.127. The Bertz CT molecular complexity index is 599. The second-order valence-electron chi connectivity index (χ2n) is 4.56. The minimum atomic E-state index is -0.933. The van der Waals surface area contributed by atoms with Crippen LogP contribution in [0, 0.1) is 0 Å². The molecular formula is C14H14O4S. The molecule has 1 N–H and O–H groups in total. The molecule has 0 radical (unpaired) electrons. The Morgan fingerprint density at radius 2 is 2.42 bits per heavy atom. The fraction of sp³-hybridized carbons (Fsp3) is 0.357. The highest BCUT2D eigenvalue weighted by molar-refractivity contribution is 7.17. The number of thiophene rings is 1. The summed E-state index contributed by atoms with van der Waals surface area (Å²) in [6.07, 6.45) is 2.20. The van der Waals surface area contributed by atoms with Crippen molar-refractivity contribution < 1.29 is 19.4 Å². The molecule has 1 unspecified atom stereocenters. The van der Waals surface area contributed by atoms with Crippen molar-refractivity contribution in [1.82, 2.24) is 0 Å². The van der Waals surface area contributed by atoms with E-state index in [-0.39, 0.29) is 11.7 Å². The summed E-state index contributed by atoms with van der Waals surface area (Å²) in [6.45, 7) is 1.27. The maximum absolute atomic E-state index is 11.1. The van der Waals surface area contributed by atoms with Crippen molar-refractivity contribution in [3.05, 3.63) is 29.1 Å². The summed E-state index contributed by atoms with van der Waals surface area (Å²) < 4.78 is 12.2. The number of carbonyl (C=O) groups is 1. The Morgan fingerprint density at radius 3 is 3.16 bits per heavy atom.